The first-order valence-corrected chi connectivity index (χ1v) is 4.38. The van der Waals surface area contributed by atoms with Crippen LogP contribution in [0.3, 0.4) is 0 Å². The Morgan fingerprint density at radius 2 is 1.89 bits per heavy atom. The van der Waals surface area contributed by atoms with Crippen LogP contribution in [-0.4, -0.2) is 0 Å². The van der Waals surface area contributed by atoms with E-state index in [9.17, 15) is 0 Å². The van der Waals surface area contributed by atoms with Crippen molar-refractivity contribution in [3.8, 4) is 0 Å². The first-order chi connectivity index (χ1) is 4.38. The quantitative estimate of drug-likeness (QED) is 0.462. The van der Waals surface area contributed by atoms with E-state index in [0.29, 0.717) is 0 Å². The molecule has 0 nitrogen and oxygen atoms in total. The summed E-state index contributed by atoms with van der Waals surface area (Å²) in [5.41, 5.74) is 0. The molecule has 50 valence electrons. The van der Waals surface area contributed by atoms with Crippen molar-refractivity contribution in [1.82, 2.24) is 0 Å². The van der Waals surface area contributed by atoms with Crippen molar-refractivity contribution in [2.24, 2.45) is 29.6 Å². The van der Waals surface area contributed by atoms with E-state index in [-0.39, 0.29) is 0 Å². The highest BCUT2D eigenvalue weighted by Gasteiger charge is 2.64. The van der Waals surface area contributed by atoms with Gasteiger partial charge in [0, 0.05) is 0 Å². The second kappa shape index (κ2) is 1.21. The minimum Gasteiger partial charge on any atom is -0.0622 e. The molecular weight excluding hydrogens is 108 g/mol. The maximum atomic E-state index is 2.46. The monoisotopic (exact) mass is 122 g/mol. The van der Waals surface area contributed by atoms with Gasteiger partial charge in [-0.25, -0.2) is 0 Å². The van der Waals surface area contributed by atoms with Crippen LogP contribution < -0.4 is 0 Å². The minimum atomic E-state index is 1.10. The van der Waals surface area contributed by atoms with E-state index in [1.807, 2.05) is 0 Å². The second-order valence-corrected chi connectivity index (χ2v) is 4.36. The first-order valence-electron chi connectivity index (χ1n) is 4.38. The number of hydrogen-bond donors (Lipinski definition) is 0. The molecule has 3 aliphatic rings. The van der Waals surface area contributed by atoms with Gasteiger partial charge in [0.2, 0.25) is 0 Å². The van der Waals surface area contributed by atoms with Gasteiger partial charge >= 0.3 is 0 Å². The zero-order valence-electron chi connectivity index (χ0n) is 6.01. The van der Waals surface area contributed by atoms with Crippen molar-refractivity contribution in [2.45, 2.75) is 26.2 Å². The Morgan fingerprint density at radius 1 is 1.00 bits per heavy atom. The van der Waals surface area contributed by atoms with Crippen molar-refractivity contribution in [3.63, 3.8) is 0 Å². The molecule has 0 aliphatic heterocycles. The SMILES string of the molecule is C[C@@H]1CCC2C3C[C@H]3[C@H]21. The molecule has 0 spiro atoms. The zero-order valence-corrected chi connectivity index (χ0v) is 6.01. The highest BCUT2D eigenvalue weighted by atomic mass is 14.7. The lowest BCUT2D eigenvalue weighted by atomic mass is 9.73. The summed E-state index contributed by atoms with van der Waals surface area (Å²) >= 11 is 0. The summed E-state index contributed by atoms with van der Waals surface area (Å²) < 4.78 is 0. The standard InChI is InChI=1S/C9H14/c1-5-2-3-6-7-4-8(7)9(5)6/h5-9H,2-4H2,1H3/t5-,6?,7?,8-,9+/m1/s1. The summed E-state index contributed by atoms with van der Waals surface area (Å²) in [6.07, 6.45) is 4.73. The molecule has 0 aromatic heterocycles. The fourth-order valence-electron chi connectivity index (χ4n) is 3.53. The van der Waals surface area contributed by atoms with Gasteiger partial charge in [0.05, 0.1) is 0 Å². The van der Waals surface area contributed by atoms with Crippen LogP contribution in [-0.2, 0) is 0 Å². The second-order valence-electron chi connectivity index (χ2n) is 4.36. The van der Waals surface area contributed by atoms with Crippen molar-refractivity contribution >= 4 is 0 Å². The molecule has 0 bridgehead atoms. The highest BCUT2D eigenvalue weighted by molar-refractivity contribution is 5.12. The van der Waals surface area contributed by atoms with E-state index in [1.165, 1.54) is 23.7 Å². The average Bonchev–Trinajstić information content (AvgIpc) is 2.38. The summed E-state index contributed by atoms with van der Waals surface area (Å²) in [7, 11) is 0. The zero-order chi connectivity index (χ0) is 6.01. The summed E-state index contributed by atoms with van der Waals surface area (Å²) in [6.45, 7) is 2.46. The lowest BCUT2D eigenvalue weighted by Gasteiger charge is -2.31. The van der Waals surface area contributed by atoms with Gasteiger partial charge in [-0.3, -0.25) is 0 Å². The molecule has 0 heterocycles. The van der Waals surface area contributed by atoms with Crippen molar-refractivity contribution < 1.29 is 0 Å². The molecule has 0 aromatic carbocycles. The van der Waals surface area contributed by atoms with E-state index in [1.54, 1.807) is 19.3 Å². The predicted octanol–water partition coefficient (Wildman–Crippen LogP) is 2.30. The van der Waals surface area contributed by atoms with Crippen LogP contribution in [0.5, 0.6) is 0 Å². The third-order valence-electron chi connectivity index (χ3n) is 4.04. The van der Waals surface area contributed by atoms with Crippen LogP contribution >= 0.6 is 0 Å². The van der Waals surface area contributed by atoms with Gasteiger partial charge in [-0.15, -0.1) is 0 Å². The van der Waals surface area contributed by atoms with E-state index in [2.05, 4.69) is 6.92 Å². The fourth-order valence-corrected chi connectivity index (χ4v) is 3.53. The Kier molecular flexibility index (Phi) is 0.640. The molecule has 3 fully saturated rings. The molecule has 0 aromatic rings. The Balaban J connectivity index is 1.89. The highest BCUT2D eigenvalue weighted by Crippen LogP contribution is 2.70. The van der Waals surface area contributed by atoms with Crippen molar-refractivity contribution in [3.05, 3.63) is 0 Å². The molecule has 0 N–H and O–H groups in total. The molecule has 2 unspecified atom stereocenters. The summed E-state index contributed by atoms with van der Waals surface area (Å²) in [5, 5.41) is 0. The summed E-state index contributed by atoms with van der Waals surface area (Å²) in [4.78, 5) is 0. The smallest absolute Gasteiger partial charge is 0.0326 e. The van der Waals surface area contributed by atoms with Crippen LogP contribution in [0.4, 0.5) is 0 Å². The van der Waals surface area contributed by atoms with Crippen molar-refractivity contribution in [1.29, 1.82) is 0 Å². The van der Waals surface area contributed by atoms with Gasteiger partial charge in [-0.2, -0.15) is 0 Å². The van der Waals surface area contributed by atoms with E-state index in [0.717, 1.165) is 5.92 Å². The van der Waals surface area contributed by atoms with Crippen LogP contribution in [0.1, 0.15) is 26.2 Å². The molecule has 0 heteroatoms. The van der Waals surface area contributed by atoms with E-state index in [4.69, 9.17) is 0 Å². The minimum absolute atomic E-state index is 1.10. The van der Waals surface area contributed by atoms with Crippen LogP contribution in [0.15, 0.2) is 0 Å². The van der Waals surface area contributed by atoms with Crippen molar-refractivity contribution in [2.75, 3.05) is 0 Å². The van der Waals surface area contributed by atoms with Gasteiger partial charge in [0.1, 0.15) is 0 Å². The number of hydrogen-bond acceptors (Lipinski definition) is 0. The molecule has 5 atom stereocenters. The van der Waals surface area contributed by atoms with Gasteiger partial charge in [-0.05, 0) is 42.4 Å². The van der Waals surface area contributed by atoms with Gasteiger partial charge in [-0.1, -0.05) is 13.3 Å². The van der Waals surface area contributed by atoms with Crippen LogP contribution in [0, 0.1) is 29.6 Å². The number of rotatable bonds is 0. The number of fused-ring (bicyclic) bond motifs is 4. The Labute approximate surface area is 56.6 Å². The largest absolute Gasteiger partial charge is 0.0622 e. The van der Waals surface area contributed by atoms with E-state index < -0.39 is 0 Å². The van der Waals surface area contributed by atoms with Gasteiger partial charge < -0.3 is 0 Å². The maximum Gasteiger partial charge on any atom is -0.0326 e. The average molecular weight is 122 g/mol. The molecule has 0 saturated heterocycles. The van der Waals surface area contributed by atoms with Gasteiger partial charge in [0.15, 0.2) is 0 Å². The van der Waals surface area contributed by atoms with Gasteiger partial charge in [0.25, 0.3) is 0 Å². The Bertz CT molecular complexity index is 150. The molecule has 0 amide bonds. The molecule has 0 radical (unpaired) electrons. The van der Waals surface area contributed by atoms with Crippen LogP contribution in [0.2, 0.25) is 0 Å². The lowest BCUT2D eigenvalue weighted by Crippen LogP contribution is -2.27. The summed E-state index contributed by atoms with van der Waals surface area (Å²) in [6, 6.07) is 0. The third-order valence-corrected chi connectivity index (χ3v) is 4.04. The lowest BCUT2D eigenvalue weighted by molar-refractivity contribution is 0.158. The van der Waals surface area contributed by atoms with E-state index >= 15 is 0 Å². The summed E-state index contributed by atoms with van der Waals surface area (Å²) in [5.74, 6) is 5.98. The fraction of sp³-hybridized carbons (Fsp3) is 1.00. The normalized spacial score (nSPS) is 68.3. The molecule has 3 saturated carbocycles. The molecule has 3 rings (SSSR count). The van der Waals surface area contributed by atoms with Crippen LogP contribution in [0.25, 0.3) is 0 Å². The Morgan fingerprint density at radius 3 is 2.67 bits per heavy atom. The molecule has 9 heavy (non-hydrogen) atoms. The molecule has 3 aliphatic carbocycles. The predicted molar refractivity (Wildman–Crippen MR) is 37.0 cm³/mol. The first kappa shape index (κ1) is 4.76. The molecular formula is C9H14. The topological polar surface area (TPSA) is 0 Å². The Hall–Kier alpha value is 0. The third kappa shape index (κ3) is 0.395. The maximum absolute atomic E-state index is 2.46.